The number of amides is 1. The Kier molecular flexibility index (Phi) is 4.11. The van der Waals surface area contributed by atoms with Crippen LogP contribution < -0.4 is 10.2 Å². The minimum Gasteiger partial charge on any atom is -0.377 e. The van der Waals surface area contributed by atoms with Crippen LogP contribution >= 0.6 is 0 Å². The van der Waals surface area contributed by atoms with Gasteiger partial charge in [-0.2, -0.15) is 5.26 Å². The normalized spacial score (nSPS) is 11.5. The van der Waals surface area contributed by atoms with Crippen LogP contribution in [0.25, 0.3) is 0 Å². The van der Waals surface area contributed by atoms with E-state index < -0.39 is 5.92 Å². The lowest BCUT2D eigenvalue weighted by molar-refractivity contribution is -0.117. The average Bonchev–Trinajstić information content (AvgIpc) is 2.30. The summed E-state index contributed by atoms with van der Waals surface area (Å²) in [5.41, 5.74) is 2.90. The second-order valence-corrected chi connectivity index (χ2v) is 4.24. The highest BCUT2D eigenvalue weighted by molar-refractivity contribution is 5.94. The van der Waals surface area contributed by atoms with E-state index >= 15 is 0 Å². The molecule has 90 valence electrons. The van der Waals surface area contributed by atoms with E-state index in [1.54, 1.807) is 6.92 Å². The molecule has 1 unspecified atom stereocenters. The number of nitriles is 1. The number of hydrogen-bond acceptors (Lipinski definition) is 3. The van der Waals surface area contributed by atoms with Crippen molar-refractivity contribution in [1.82, 2.24) is 0 Å². The molecular weight excluding hydrogens is 214 g/mol. The number of nitrogens with one attached hydrogen (secondary N) is 1. The molecule has 0 heterocycles. The van der Waals surface area contributed by atoms with Crippen LogP contribution in [0.15, 0.2) is 18.2 Å². The predicted molar refractivity (Wildman–Crippen MR) is 68.9 cm³/mol. The third kappa shape index (κ3) is 3.22. The molecule has 17 heavy (non-hydrogen) atoms. The molecule has 4 heteroatoms. The molecule has 0 aliphatic carbocycles. The standard InChI is InChI=1S/C13H17N3O/c1-9-5-6-11(7-12(9)16(3)4)15-13(17)10(2)8-14/h5-7,10H,1-4H3,(H,15,17). The maximum atomic E-state index is 11.6. The lowest BCUT2D eigenvalue weighted by atomic mass is 10.1. The van der Waals surface area contributed by atoms with Gasteiger partial charge in [0.2, 0.25) is 5.91 Å². The van der Waals surface area contributed by atoms with Crippen molar-refractivity contribution in [2.75, 3.05) is 24.3 Å². The summed E-state index contributed by atoms with van der Waals surface area (Å²) in [6.45, 7) is 3.59. The fourth-order valence-electron chi connectivity index (χ4n) is 1.48. The molecule has 0 fully saturated rings. The van der Waals surface area contributed by atoms with E-state index in [0.29, 0.717) is 5.69 Å². The lowest BCUT2D eigenvalue weighted by Gasteiger charge is -2.17. The van der Waals surface area contributed by atoms with E-state index in [1.165, 1.54) is 0 Å². The molecular formula is C13H17N3O. The Morgan fingerprint density at radius 1 is 1.47 bits per heavy atom. The SMILES string of the molecule is Cc1ccc(NC(=O)C(C)C#N)cc1N(C)C. The molecule has 1 N–H and O–H groups in total. The average molecular weight is 231 g/mol. The van der Waals surface area contributed by atoms with Crippen LogP contribution in [0.4, 0.5) is 11.4 Å². The molecule has 0 spiro atoms. The van der Waals surface area contributed by atoms with E-state index in [1.807, 2.05) is 50.2 Å². The Bertz CT molecular complexity index is 460. The first-order valence-corrected chi connectivity index (χ1v) is 5.44. The molecule has 0 bridgehead atoms. The van der Waals surface area contributed by atoms with Crippen molar-refractivity contribution in [2.24, 2.45) is 5.92 Å². The fraction of sp³-hybridized carbons (Fsp3) is 0.385. The van der Waals surface area contributed by atoms with Crippen LogP contribution in [0.1, 0.15) is 12.5 Å². The Balaban J connectivity index is 2.91. The van der Waals surface area contributed by atoms with Crippen LogP contribution in [0.5, 0.6) is 0 Å². The van der Waals surface area contributed by atoms with Crippen LogP contribution in [0.2, 0.25) is 0 Å². The summed E-state index contributed by atoms with van der Waals surface area (Å²) in [6.07, 6.45) is 0. The van der Waals surface area contributed by atoms with Crippen LogP contribution in [0, 0.1) is 24.2 Å². The first kappa shape index (κ1) is 13.0. The summed E-state index contributed by atoms with van der Waals surface area (Å²) >= 11 is 0. The molecule has 0 radical (unpaired) electrons. The molecule has 1 aromatic carbocycles. The number of benzene rings is 1. The smallest absolute Gasteiger partial charge is 0.241 e. The van der Waals surface area contributed by atoms with Gasteiger partial charge in [0.05, 0.1) is 6.07 Å². The van der Waals surface area contributed by atoms with Crippen molar-refractivity contribution >= 4 is 17.3 Å². The second-order valence-electron chi connectivity index (χ2n) is 4.24. The molecule has 4 nitrogen and oxygen atoms in total. The first-order chi connectivity index (χ1) is 7.95. The van der Waals surface area contributed by atoms with Gasteiger partial charge in [-0.3, -0.25) is 4.79 Å². The van der Waals surface area contributed by atoms with Crippen molar-refractivity contribution in [1.29, 1.82) is 5.26 Å². The van der Waals surface area contributed by atoms with Crippen molar-refractivity contribution in [3.63, 3.8) is 0 Å². The maximum Gasteiger partial charge on any atom is 0.241 e. The Labute approximate surface area is 102 Å². The van der Waals surface area contributed by atoms with Gasteiger partial charge in [-0.1, -0.05) is 6.07 Å². The molecule has 0 saturated carbocycles. The van der Waals surface area contributed by atoms with Gasteiger partial charge in [0.15, 0.2) is 0 Å². The number of carbonyl (C=O) groups is 1. The van der Waals surface area contributed by atoms with Gasteiger partial charge in [-0.15, -0.1) is 0 Å². The van der Waals surface area contributed by atoms with E-state index in [-0.39, 0.29) is 5.91 Å². The Morgan fingerprint density at radius 3 is 2.65 bits per heavy atom. The monoisotopic (exact) mass is 231 g/mol. The third-order valence-corrected chi connectivity index (χ3v) is 2.55. The number of nitrogens with zero attached hydrogens (tertiary/aromatic N) is 2. The van der Waals surface area contributed by atoms with Gasteiger partial charge in [0.25, 0.3) is 0 Å². The fourth-order valence-corrected chi connectivity index (χ4v) is 1.48. The summed E-state index contributed by atoms with van der Waals surface area (Å²) in [4.78, 5) is 13.5. The highest BCUT2D eigenvalue weighted by Gasteiger charge is 2.12. The minimum atomic E-state index is -0.640. The molecule has 1 aromatic rings. The van der Waals surface area contributed by atoms with E-state index in [4.69, 9.17) is 5.26 Å². The Hall–Kier alpha value is -2.02. The van der Waals surface area contributed by atoms with Crippen molar-refractivity contribution in [2.45, 2.75) is 13.8 Å². The molecule has 0 aliphatic rings. The highest BCUT2D eigenvalue weighted by Crippen LogP contribution is 2.22. The predicted octanol–water partition coefficient (Wildman–Crippen LogP) is 2.16. The molecule has 0 aromatic heterocycles. The number of carbonyl (C=O) groups excluding carboxylic acids is 1. The van der Waals surface area contributed by atoms with Crippen molar-refractivity contribution in [3.05, 3.63) is 23.8 Å². The van der Waals surface area contributed by atoms with E-state index in [9.17, 15) is 4.79 Å². The zero-order valence-corrected chi connectivity index (χ0v) is 10.6. The van der Waals surface area contributed by atoms with Crippen molar-refractivity contribution in [3.8, 4) is 6.07 Å². The van der Waals surface area contributed by atoms with Gasteiger partial charge < -0.3 is 10.2 Å². The first-order valence-electron chi connectivity index (χ1n) is 5.44. The third-order valence-electron chi connectivity index (χ3n) is 2.55. The zero-order valence-electron chi connectivity index (χ0n) is 10.6. The van der Waals surface area contributed by atoms with Gasteiger partial charge >= 0.3 is 0 Å². The number of rotatable bonds is 3. The lowest BCUT2D eigenvalue weighted by Crippen LogP contribution is -2.19. The summed E-state index contributed by atoms with van der Waals surface area (Å²) in [5.74, 6) is -0.917. The number of hydrogen-bond donors (Lipinski definition) is 1. The number of anilines is 2. The maximum absolute atomic E-state index is 11.6. The van der Waals surface area contributed by atoms with Crippen LogP contribution in [-0.2, 0) is 4.79 Å². The highest BCUT2D eigenvalue weighted by atomic mass is 16.1. The van der Waals surface area contributed by atoms with Crippen LogP contribution in [0.3, 0.4) is 0 Å². The van der Waals surface area contributed by atoms with Crippen molar-refractivity contribution < 1.29 is 4.79 Å². The summed E-state index contributed by atoms with van der Waals surface area (Å²) < 4.78 is 0. The van der Waals surface area contributed by atoms with Gasteiger partial charge in [-0.05, 0) is 31.5 Å². The molecule has 1 atom stereocenters. The Morgan fingerprint density at radius 2 is 2.12 bits per heavy atom. The summed E-state index contributed by atoms with van der Waals surface area (Å²) in [5, 5.41) is 11.4. The van der Waals surface area contributed by atoms with E-state index in [0.717, 1.165) is 11.3 Å². The summed E-state index contributed by atoms with van der Waals surface area (Å²) in [6, 6.07) is 7.60. The number of aryl methyl sites for hydroxylation is 1. The molecule has 0 aliphatic heterocycles. The molecule has 1 rings (SSSR count). The quantitative estimate of drug-likeness (QED) is 0.867. The van der Waals surface area contributed by atoms with E-state index in [2.05, 4.69) is 5.32 Å². The summed E-state index contributed by atoms with van der Waals surface area (Å²) in [7, 11) is 3.90. The second kappa shape index (κ2) is 5.35. The zero-order chi connectivity index (χ0) is 13.0. The van der Waals surface area contributed by atoms with Gasteiger partial charge in [0.1, 0.15) is 5.92 Å². The minimum absolute atomic E-state index is 0.277. The molecule has 1 amide bonds. The van der Waals surface area contributed by atoms with Gasteiger partial charge in [-0.25, -0.2) is 0 Å². The largest absolute Gasteiger partial charge is 0.377 e. The van der Waals surface area contributed by atoms with Crippen LogP contribution in [-0.4, -0.2) is 20.0 Å². The van der Waals surface area contributed by atoms with Gasteiger partial charge in [0, 0.05) is 25.5 Å². The molecule has 0 saturated heterocycles. The topological polar surface area (TPSA) is 56.1 Å².